The van der Waals surface area contributed by atoms with Crippen LogP contribution in [-0.2, 0) is 0 Å². The van der Waals surface area contributed by atoms with Gasteiger partial charge in [-0.25, -0.2) is 0 Å². The molecule has 3 aromatic carbocycles. The van der Waals surface area contributed by atoms with E-state index in [1.807, 2.05) is 54.6 Å². The van der Waals surface area contributed by atoms with Crippen LogP contribution < -0.4 is 20.3 Å². The molecule has 1 aromatic heterocycles. The number of nitrogens with one attached hydrogen (secondary N) is 2. The Morgan fingerprint density at radius 1 is 0.781 bits per heavy atom. The molecule has 0 radical (unpaired) electrons. The predicted octanol–water partition coefficient (Wildman–Crippen LogP) is 4.98. The zero-order valence-electron chi connectivity index (χ0n) is 17.7. The average molecular weight is 426 g/mol. The van der Waals surface area contributed by atoms with Crippen LogP contribution in [-0.4, -0.2) is 25.1 Å². The number of amides is 1. The van der Waals surface area contributed by atoms with Crippen LogP contribution in [0.15, 0.2) is 89.7 Å². The van der Waals surface area contributed by atoms with Gasteiger partial charge in [0.25, 0.3) is 11.5 Å². The molecule has 4 rings (SSSR count). The van der Waals surface area contributed by atoms with Gasteiger partial charge in [-0.3, -0.25) is 9.59 Å². The first kappa shape index (κ1) is 20.9. The molecule has 1 amide bonds. The van der Waals surface area contributed by atoms with E-state index < -0.39 is 11.5 Å². The summed E-state index contributed by atoms with van der Waals surface area (Å²) in [5.74, 6) is 0.485. The molecule has 0 unspecified atom stereocenters. The van der Waals surface area contributed by atoms with Crippen LogP contribution in [0.2, 0.25) is 0 Å². The van der Waals surface area contributed by atoms with E-state index in [1.165, 1.54) is 20.3 Å². The minimum atomic E-state index is -0.538. The number of benzene rings is 3. The van der Waals surface area contributed by atoms with Crippen LogP contribution >= 0.6 is 0 Å². The minimum Gasteiger partial charge on any atom is -0.497 e. The molecule has 0 saturated carbocycles. The molecule has 0 saturated heterocycles. The van der Waals surface area contributed by atoms with E-state index in [9.17, 15) is 9.59 Å². The maximum atomic E-state index is 12.7. The van der Waals surface area contributed by atoms with E-state index in [0.29, 0.717) is 22.9 Å². The fraction of sp³-hybridized carbons (Fsp3) is 0.0769. The molecule has 0 aliphatic heterocycles. The largest absolute Gasteiger partial charge is 0.497 e. The first-order valence-corrected chi connectivity index (χ1v) is 10.0. The van der Waals surface area contributed by atoms with Crippen molar-refractivity contribution in [3.8, 4) is 33.9 Å². The molecule has 0 bridgehead atoms. The number of carbonyl (C=O) groups is 1. The number of ether oxygens (including phenoxy) is 2. The van der Waals surface area contributed by atoms with E-state index in [2.05, 4.69) is 10.3 Å². The molecule has 6 nitrogen and oxygen atoms in total. The van der Waals surface area contributed by atoms with E-state index in [4.69, 9.17) is 9.47 Å². The number of aromatic amines is 1. The first-order valence-electron chi connectivity index (χ1n) is 10.0. The molecule has 0 aliphatic carbocycles. The molecule has 4 aromatic rings. The third kappa shape index (κ3) is 4.39. The SMILES string of the molecule is COc1ccc(OC)c(NC(=O)c2ccc(-c3ccc(-c4ccccc4)cc3)[nH]c2=O)c1. The molecular formula is C26H22N2O4. The summed E-state index contributed by atoms with van der Waals surface area (Å²) in [7, 11) is 3.03. The Labute approximate surface area is 185 Å². The maximum absolute atomic E-state index is 12.7. The van der Waals surface area contributed by atoms with Gasteiger partial charge in [0.05, 0.1) is 19.9 Å². The van der Waals surface area contributed by atoms with Crippen LogP contribution in [0.4, 0.5) is 5.69 Å². The summed E-state index contributed by atoms with van der Waals surface area (Å²) < 4.78 is 10.5. The number of hydrogen-bond donors (Lipinski definition) is 2. The number of anilines is 1. The summed E-state index contributed by atoms with van der Waals surface area (Å²) >= 11 is 0. The zero-order valence-corrected chi connectivity index (χ0v) is 17.7. The molecule has 2 N–H and O–H groups in total. The van der Waals surface area contributed by atoms with Gasteiger partial charge in [-0.2, -0.15) is 0 Å². The Bertz CT molecular complexity index is 1300. The predicted molar refractivity (Wildman–Crippen MR) is 125 cm³/mol. The van der Waals surface area contributed by atoms with Gasteiger partial charge in [-0.05, 0) is 41.0 Å². The number of pyridine rings is 1. The molecule has 32 heavy (non-hydrogen) atoms. The Balaban J connectivity index is 1.56. The van der Waals surface area contributed by atoms with Crippen LogP contribution in [0.3, 0.4) is 0 Å². The molecule has 0 fully saturated rings. The molecule has 160 valence electrons. The molecule has 1 heterocycles. The summed E-state index contributed by atoms with van der Waals surface area (Å²) in [4.78, 5) is 28.2. The molecule has 0 spiro atoms. The number of carbonyl (C=O) groups excluding carboxylic acids is 1. The van der Waals surface area contributed by atoms with E-state index in [-0.39, 0.29) is 5.56 Å². The minimum absolute atomic E-state index is 0.000436. The van der Waals surface area contributed by atoms with Crippen LogP contribution in [0.1, 0.15) is 10.4 Å². The van der Waals surface area contributed by atoms with E-state index in [1.54, 1.807) is 24.3 Å². The topological polar surface area (TPSA) is 80.4 Å². The second-order valence-electron chi connectivity index (χ2n) is 7.08. The highest BCUT2D eigenvalue weighted by molar-refractivity contribution is 6.05. The van der Waals surface area contributed by atoms with Crippen molar-refractivity contribution in [1.29, 1.82) is 0 Å². The quantitative estimate of drug-likeness (QED) is 0.456. The van der Waals surface area contributed by atoms with Gasteiger partial charge in [0.2, 0.25) is 0 Å². The van der Waals surface area contributed by atoms with Crippen molar-refractivity contribution < 1.29 is 14.3 Å². The van der Waals surface area contributed by atoms with E-state index in [0.717, 1.165) is 16.7 Å². The highest BCUT2D eigenvalue weighted by Crippen LogP contribution is 2.29. The van der Waals surface area contributed by atoms with Crippen molar-refractivity contribution in [2.75, 3.05) is 19.5 Å². The van der Waals surface area contributed by atoms with Crippen molar-refractivity contribution >= 4 is 11.6 Å². The number of methoxy groups -OCH3 is 2. The van der Waals surface area contributed by atoms with Crippen molar-refractivity contribution in [3.05, 3.63) is 101 Å². The van der Waals surface area contributed by atoms with E-state index >= 15 is 0 Å². The number of aromatic nitrogens is 1. The van der Waals surface area contributed by atoms with Crippen LogP contribution in [0.25, 0.3) is 22.4 Å². The summed E-state index contributed by atoms with van der Waals surface area (Å²) in [6.07, 6.45) is 0. The third-order valence-corrected chi connectivity index (χ3v) is 5.11. The van der Waals surface area contributed by atoms with Crippen molar-refractivity contribution in [3.63, 3.8) is 0 Å². The Morgan fingerprint density at radius 2 is 1.47 bits per heavy atom. The Morgan fingerprint density at radius 3 is 2.12 bits per heavy atom. The monoisotopic (exact) mass is 426 g/mol. The van der Waals surface area contributed by atoms with Gasteiger partial charge in [0.15, 0.2) is 0 Å². The van der Waals surface area contributed by atoms with Crippen molar-refractivity contribution in [2.24, 2.45) is 0 Å². The normalized spacial score (nSPS) is 10.4. The second-order valence-corrected chi connectivity index (χ2v) is 7.08. The lowest BCUT2D eigenvalue weighted by Gasteiger charge is -2.12. The van der Waals surface area contributed by atoms with Gasteiger partial charge in [0.1, 0.15) is 17.1 Å². The van der Waals surface area contributed by atoms with Gasteiger partial charge in [-0.1, -0.05) is 54.6 Å². The third-order valence-electron chi connectivity index (χ3n) is 5.11. The van der Waals surface area contributed by atoms with Crippen molar-refractivity contribution in [1.82, 2.24) is 4.98 Å². The highest BCUT2D eigenvalue weighted by Gasteiger charge is 2.15. The number of H-pyrrole nitrogens is 1. The average Bonchev–Trinajstić information content (AvgIpc) is 2.84. The van der Waals surface area contributed by atoms with Crippen LogP contribution in [0, 0.1) is 0 Å². The zero-order chi connectivity index (χ0) is 22.5. The highest BCUT2D eigenvalue weighted by atomic mass is 16.5. The maximum Gasteiger partial charge on any atom is 0.261 e. The summed E-state index contributed by atoms with van der Waals surface area (Å²) in [5, 5.41) is 2.71. The lowest BCUT2D eigenvalue weighted by Crippen LogP contribution is -2.23. The fourth-order valence-corrected chi connectivity index (χ4v) is 3.40. The van der Waals surface area contributed by atoms with Gasteiger partial charge in [-0.15, -0.1) is 0 Å². The van der Waals surface area contributed by atoms with Gasteiger partial charge in [0, 0.05) is 11.8 Å². The molecule has 0 aliphatic rings. The molecule has 6 heteroatoms. The Hall–Kier alpha value is -4.32. The smallest absolute Gasteiger partial charge is 0.261 e. The second kappa shape index (κ2) is 9.22. The molecular weight excluding hydrogens is 404 g/mol. The number of rotatable bonds is 6. The number of hydrogen-bond acceptors (Lipinski definition) is 4. The first-order chi connectivity index (χ1) is 15.6. The molecule has 0 atom stereocenters. The summed E-state index contributed by atoms with van der Waals surface area (Å²) in [5.41, 5.74) is 3.62. The van der Waals surface area contributed by atoms with Crippen LogP contribution in [0.5, 0.6) is 11.5 Å². The standard InChI is InChI=1S/C26H22N2O4/c1-31-20-12-15-24(32-2)23(16-20)28-26(30)21-13-14-22(27-25(21)29)19-10-8-18(9-11-19)17-6-4-3-5-7-17/h3-16H,1-2H3,(H,27,29)(H,28,30). The van der Waals surface area contributed by atoms with Crippen molar-refractivity contribution in [2.45, 2.75) is 0 Å². The Kier molecular flexibility index (Phi) is 6.03. The fourth-order valence-electron chi connectivity index (χ4n) is 3.40. The summed E-state index contributed by atoms with van der Waals surface area (Å²) in [6.45, 7) is 0. The van der Waals surface area contributed by atoms with Gasteiger partial charge < -0.3 is 19.8 Å². The lowest BCUT2D eigenvalue weighted by atomic mass is 10.0. The summed E-state index contributed by atoms with van der Waals surface area (Å²) in [6, 6.07) is 26.2. The van der Waals surface area contributed by atoms with Gasteiger partial charge >= 0.3 is 0 Å². The lowest BCUT2D eigenvalue weighted by molar-refractivity contribution is 0.102.